The summed E-state index contributed by atoms with van der Waals surface area (Å²) in [5, 5.41) is 7.67. The van der Waals surface area contributed by atoms with E-state index in [-0.39, 0.29) is 36.1 Å². The van der Waals surface area contributed by atoms with Crippen molar-refractivity contribution in [2.24, 2.45) is 5.73 Å². The summed E-state index contributed by atoms with van der Waals surface area (Å²) < 4.78 is 99.0. The molecule has 274 valence electrons. The number of rotatable bonds is 10. The summed E-state index contributed by atoms with van der Waals surface area (Å²) in [5.74, 6) is -7.60. The number of sulfonamides is 1. The van der Waals surface area contributed by atoms with Crippen LogP contribution in [0.25, 0.3) is 11.1 Å². The molecule has 1 amide bonds. The van der Waals surface area contributed by atoms with Crippen molar-refractivity contribution in [3.05, 3.63) is 76.1 Å². The van der Waals surface area contributed by atoms with E-state index in [0.717, 1.165) is 42.6 Å². The Kier molecular flexibility index (Phi) is 13.4. The van der Waals surface area contributed by atoms with E-state index in [4.69, 9.17) is 32.0 Å². The maximum Gasteiger partial charge on any atom is 0.490 e. The van der Waals surface area contributed by atoms with Crippen LogP contribution in [0.1, 0.15) is 55.4 Å². The van der Waals surface area contributed by atoms with Gasteiger partial charge in [-0.15, -0.1) is 11.3 Å². The average molecular weight is 766 g/mol. The number of nitrogens with zero attached hydrogens (tertiary/aromatic N) is 1. The van der Waals surface area contributed by atoms with Gasteiger partial charge >= 0.3 is 12.1 Å². The van der Waals surface area contributed by atoms with E-state index in [2.05, 4.69) is 4.72 Å². The van der Waals surface area contributed by atoms with Gasteiger partial charge in [-0.05, 0) is 61.1 Å². The Morgan fingerprint density at radius 2 is 1.46 bits per heavy atom. The first-order valence-corrected chi connectivity index (χ1v) is 18.5. The maximum absolute atomic E-state index is 16.2. The summed E-state index contributed by atoms with van der Waals surface area (Å²) in [7, 11) is -4.47. The number of likely N-dealkylation sites (tertiary alicyclic amines) is 1. The Hall–Kier alpha value is -3.15. The van der Waals surface area contributed by atoms with E-state index in [1.807, 2.05) is 0 Å². The Balaban J connectivity index is 0.000000727. The minimum absolute atomic E-state index is 0.137. The Bertz CT molecular complexity index is 1690. The van der Waals surface area contributed by atoms with E-state index < -0.39 is 45.6 Å². The maximum atomic E-state index is 16.2. The molecule has 0 unspecified atom stereocenters. The molecule has 1 saturated carbocycles. The number of carbonyl (C=O) groups excluding carboxylic acids is 1. The van der Waals surface area contributed by atoms with E-state index in [1.165, 1.54) is 41.7 Å². The first-order chi connectivity index (χ1) is 23.5. The minimum atomic E-state index is -5.08. The van der Waals surface area contributed by atoms with Crippen molar-refractivity contribution in [1.82, 2.24) is 9.62 Å². The molecule has 3 aromatic rings. The van der Waals surface area contributed by atoms with Crippen LogP contribution in [-0.4, -0.2) is 67.8 Å². The summed E-state index contributed by atoms with van der Waals surface area (Å²) in [5.41, 5.74) is 6.93. The van der Waals surface area contributed by atoms with Gasteiger partial charge in [-0.1, -0.05) is 67.3 Å². The Morgan fingerprint density at radius 1 is 0.920 bits per heavy atom. The van der Waals surface area contributed by atoms with Gasteiger partial charge < -0.3 is 20.5 Å². The van der Waals surface area contributed by atoms with Crippen LogP contribution in [-0.2, 0) is 36.9 Å². The van der Waals surface area contributed by atoms with E-state index >= 15 is 8.78 Å². The number of carbonyl (C=O) groups is 2. The van der Waals surface area contributed by atoms with Gasteiger partial charge in [0, 0.05) is 34.6 Å². The van der Waals surface area contributed by atoms with Crippen LogP contribution in [0.2, 0.25) is 5.02 Å². The molecule has 1 aliphatic carbocycles. The third-order valence-electron chi connectivity index (χ3n) is 8.34. The van der Waals surface area contributed by atoms with Gasteiger partial charge in [-0.3, -0.25) is 4.79 Å². The number of piperidine rings is 1. The smallest absolute Gasteiger partial charge is 0.475 e. The van der Waals surface area contributed by atoms with Crippen LogP contribution in [0.3, 0.4) is 0 Å². The molecule has 5 rings (SSSR count). The molecule has 1 saturated heterocycles. The summed E-state index contributed by atoms with van der Waals surface area (Å²) >= 11 is 6.92. The number of halogens is 6. The monoisotopic (exact) mass is 765 g/mol. The predicted molar refractivity (Wildman–Crippen MR) is 178 cm³/mol. The number of benzene rings is 2. The number of hydrogen-bond acceptors (Lipinski definition) is 7. The number of alkyl halides is 5. The second kappa shape index (κ2) is 16.9. The first kappa shape index (κ1) is 39.6. The normalized spacial score (nSPS) is 17.1. The number of amides is 1. The zero-order valence-corrected chi connectivity index (χ0v) is 29.1. The van der Waals surface area contributed by atoms with Gasteiger partial charge in [0.05, 0.1) is 12.7 Å². The second-order valence-corrected chi connectivity index (χ2v) is 15.6. The van der Waals surface area contributed by atoms with Gasteiger partial charge in [0.25, 0.3) is 15.9 Å². The minimum Gasteiger partial charge on any atom is -0.475 e. The van der Waals surface area contributed by atoms with Crippen LogP contribution in [0.15, 0.2) is 64.9 Å². The van der Waals surface area contributed by atoms with Crippen LogP contribution < -0.4 is 10.5 Å². The van der Waals surface area contributed by atoms with E-state index in [1.54, 1.807) is 30.3 Å². The third-order valence-corrected chi connectivity index (χ3v) is 11.6. The molecule has 17 heteroatoms. The molecule has 0 bridgehead atoms. The molecule has 4 N–H and O–H groups in total. The number of thiophene rings is 1. The molecule has 2 fully saturated rings. The fraction of sp³-hybridized carbons (Fsp3) is 0.455. The van der Waals surface area contributed by atoms with Crippen molar-refractivity contribution >= 4 is 44.8 Å². The molecule has 2 aliphatic rings. The highest BCUT2D eigenvalue weighted by Gasteiger charge is 2.50. The Morgan fingerprint density at radius 3 is 2.00 bits per heavy atom. The number of nitrogens with two attached hydrogens (primary N) is 1. The number of carboxylic acid groups (broad SMARTS) is 1. The van der Waals surface area contributed by atoms with Crippen molar-refractivity contribution in [2.75, 3.05) is 13.1 Å². The van der Waals surface area contributed by atoms with Crippen molar-refractivity contribution in [2.45, 2.75) is 86.0 Å². The topological polar surface area (TPSA) is 139 Å². The first-order valence-electron chi connectivity index (χ1n) is 15.8. The summed E-state index contributed by atoms with van der Waals surface area (Å²) in [4.78, 5) is 24.4. The lowest BCUT2D eigenvalue weighted by molar-refractivity contribution is -0.192. The molecule has 9 nitrogen and oxygen atoms in total. The molecule has 1 aromatic heterocycles. The molecular formula is C33H37ClF5N3O6S2. The van der Waals surface area contributed by atoms with E-state index in [0.29, 0.717) is 28.3 Å². The SMILES string of the molecule is NC1CCN(C(=O)[C@@H](NS(=O)(=O)c2ccc(COC3CCCCC3)s2)C(F)(F)c2ccc(-c3ccc(Cl)cc3)cc2)CC1.O=C(O)C(F)(F)F. The van der Waals surface area contributed by atoms with Crippen molar-refractivity contribution in [3.8, 4) is 11.1 Å². The lowest BCUT2D eigenvalue weighted by atomic mass is 9.96. The molecule has 2 heterocycles. The molecule has 1 aliphatic heterocycles. The predicted octanol–water partition coefficient (Wildman–Crippen LogP) is 6.94. The lowest BCUT2D eigenvalue weighted by Gasteiger charge is -2.35. The van der Waals surface area contributed by atoms with Crippen molar-refractivity contribution in [3.63, 3.8) is 0 Å². The molecule has 0 spiro atoms. The van der Waals surface area contributed by atoms with Crippen LogP contribution in [0.4, 0.5) is 22.0 Å². The average Bonchev–Trinajstić information content (AvgIpc) is 3.57. The summed E-state index contributed by atoms with van der Waals surface area (Å²) in [6, 6.07) is 12.9. The van der Waals surface area contributed by atoms with Crippen LogP contribution in [0, 0.1) is 0 Å². The highest BCUT2D eigenvalue weighted by Crippen LogP contribution is 2.36. The lowest BCUT2D eigenvalue weighted by Crippen LogP contribution is -2.57. The number of aliphatic carboxylic acids is 1. The molecule has 1 atom stereocenters. The number of ether oxygens (including phenoxy) is 1. The van der Waals surface area contributed by atoms with Crippen molar-refractivity contribution < 1.29 is 49.8 Å². The van der Waals surface area contributed by atoms with Gasteiger partial charge in [-0.25, -0.2) is 13.2 Å². The summed E-state index contributed by atoms with van der Waals surface area (Å²) in [6.45, 7) is 0.592. The second-order valence-electron chi connectivity index (χ2n) is 12.0. The van der Waals surface area contributed by atoms with Gasteiger partial charge in [-0.2, -0.15) is 26.7 Å². The third kappa shape index (κ3) is 10.7. The summed E-state index contributed by atoms with van der Waals surface area (Å²) in [6.07, 6.45) is 1.29. The zero-order valence-electron chi connectivity index (χ0n) is 26.7. The Labute approximate surface area is 295 Å². The number of carboxylic acids is 1. The van der Waals surface area contributed by atoms with Crippen molar-refractivity contribution in [1.29, 1.82) is 0 Å². The number of hydrogen-bond donors (Lipinski definition) is 3. The molecule has 2 aromatic carbocycles. The van der Waals surface area contributed by atoms with Gasteiger partial charge in [0.2, 0.25) is 5.91 Å². The highest BCUT2D eigenvalue weighted by atomic mass is 35.5. The molecular weight excluding hydrogens is 729 g/mol. The van der Waals surface area contributed by atoms with Crippen LogP contribution in [0.5, 0.6) is 0 Å². The fourth-order valence-electron chi connectivity index (χ4n) is 5.50. The molecule has 0 radical (unpaired) electrons. The number of nitrogens with one attached hydrogen (secondary N) is 1. The fourth-order valence-corrected chi connectivity index (χ4v) is 8.11. The largest absolute Gasteiger partial charge is 0.490 e. The van der Waals surface area contributed by atoms with Gasteiger partial charge in [0.15, 0.2) is 6.04 Å². The van der Waals surface area contributed by atoms with Gasteiger partial charge in [0.1, 0.15) is 4.21 Å². The zero-order chi connectivity index (χ0) is 36.7. The standard InChI is InChI=1S/C31H36ClF2N3O4S2.C2HF3O2/c32-24-12-8-22(9-13-24)21-6-10-23(11-7-21)31(33,34)29(30(38)37-18-16-25(35)17-19-37)36-43(39,40)28-15-14-27(42-28)20-41-26-4-2-1-3-5-26;3-2(4,5)1(6)7/h6-15,25-26,29,36H,1-5,16-20,35H2;(H,6,7)/t29-;/m1./s1. The van der Waals surface area contributed by atoms with E-state index in [9.17, 15) is 26.4 Å². The van der Waals surface area contributed by atoms with Crippen LogP contribution >= 0.6 is 22.9 Å². The molecule has 50 heavy (non-hydrogen) atoms. The quantitative estimate of drug-likeness (QED) is 0.190. The highest BCUT2D eigenvalue weighted by molar-refractivity contribution is 7.91.